The van der Waals surface area contributed by atoms with Crippen LogP contribution in [0.2, 0.25) is 0 Å². The molecule has 8 heteroatoms. The highest BCUT2D eigenvalue weighted by atomic mass is 16.5. The van der Waals surface area contributed by atoms with E-state index in [1.54, 1.807) is 25.6 Å². The topological polar surface area (TPSA) is 80.3 Å². The Morgan fingerprint density at radius 1 is 1.07 bits per heavy atom. The monoisotopic (exact) mass is 398 g/mol. The quantitative estimate of drug-likeness (QED) is 0.543. The minimum absolute atomic E-state index is 0.319. The minimum Gasteiger partial charge on any atom is -0.491 e. The summed E-state index contributed by atoms with van der Waals surface area (Å²) in [5, 5.41) is 0. The number of methoxy groups -OCH3 is 1. The van der Waals surface area contributed by atoms with E-state index in [9.17, 15) is 9.59 Å². The highest BCUT2D eigenvalue weighted by Gasteiger charge is 2.17. The van der Waals surface area contributed by atoms with Crippen LogP contribution in [0.5, 0.6) is 5.75 Å². The van der Waals surface area contributed by atoms with Gasteiger partial charge in [-0.15, -0.1) is 0 Å². The average Bonchev–Trinajstić information content (AvgIpc) is 3.04. The van der Waals surface area contributed by atoms with E-state index in [4.69, 9.17) is 9.47 Å². The van der Waals surface area contributed by atoms with Crippen LogP contribution in [0.1, 0.15) is 25.2 Å². The molecule has 154 valence electrons. The summed E-state index contributed by atoms with van der Waals surface area (Å²) in [5.41, 5.74) is 1.11. The molecule has 1 aromatic carbocycles. The predicted octanol–water partition coefficient (Wildman–Crippen LogP) is 2.13. The number of aromatic nitrogens is 4. The molecule has 2 aromatic heterocycles. The summed E-state index contributed by atoms with van der Waals surface area (Å²) in [5.74, 6) is 1.35. The molecule has 0 amide bonds. The molecule has 0 unspecified atom stereocenters. The van der Waals surface area contributed by atoms with Crippen LogP contribution in [-0.2, 0) is 24.9 Å². The van der Waals surface area contributed by atoms with E-state index in [0.717, 1.165) is 11.3 Å². The molecule has 0 saturated carbocycles. The zero-order valence-electron chi connectivity index (χ0n) is 17.2. The van der Waals surface area contributed by atoms with Crippen LogP contribution in [0.4, 0.5) is 0 Å². The van der Waals surface area contributed by atoms with Gasteiger partial charge in [-0.2, -0.15) is 0 Å². The van der Waals surface area contributed by atoms with Gasteiger partial charge in [-0.25, -0.2) is 9.78 Å². The van der Waals surface area contributed by atoms with Gasteiger partial charge in [0.05, 0.1) is 6.61 Å². The van der Waals surface area contributed by atoms with Crippen molar-refractivity contribution < 1.29 is 9.47 Å². The molecular formula is C21H26N4O4. The lowest BCUT2D eigenvalue weighted by Gasteiger charge is -2.08. The van der Waals surface area contributed by atoms with Gasteiger partial charge >= 0.3 is 5.69 Å². The van der Waals surface area contributed by atoms with E-state index in [1.165, 1.54) is 9.13 Å². The first-order valence-electron chi connectivity index (χ1n) is 9.61. The van der Waals surface area contributed by atoms with Gasteiger partial charge < -0.3 is 14.0 Å². The van der Waals surface area contributed by atoms with Crippen LogP contribution < -0.4 is 16.0 Å². The highest BCUT2D eigenvalue weighted by Crippen LogP contribution is 2.17. The fraction of sp³-hybridized carbons (Fsp3) is 0.381. The zero-order valence-corrected chi connectivity index (χ0v) is 17.2. The van der Waals surface area contributed by atoms with E-state index < -0.39 is 0 Å². The number of benzene rings is 1. The lowest BCUT2D eigenvalue weighted by molar-refractivity contribution is 0.146. The van der Waals surface area contributed by atoms with Crippen LogP contribution in [0.25, 0.3) is 23.3 Å². The maximum absolute atomic E-state index is 12.8. The SMILES string of the molecule is CCn1c(=O)c2c(nc(C=Cc3cccc(OCCOC)c3)n2C)n(CC)c1=O. The zero-order chi connectivity index (χ0) is 21.0. The van der Waals surface area contributed by atoms with E-state index in [-0.39, 0.29) is 11.2 Å². The van der Waals surface area contributed by atoms with Crippen molar-refractivity contribution in [2.24, 2.45) is 7.05 Å². The fourth-order valence-corrected chi connectivity index (χ4v) is 3.21. The summed E-state index contributed by atoms with van der Waals surface area (Å²) in [6.07, 6.45) is 3.73. The van der Waals surface area contributed by atoms with Crippen molar-refractivity contribution in [1.29, 1.82) is 0 Å². The van der Waals surface area contributed by atoms with Crippen molar-refractivity contribution in [3.8, 4) is 5.75 Å². The molecule has 29 heavy (non-hydrogen) atoms. The van der Waals surface area contributed by atoms with Crippen molar-refractivity contribution >= 4 is 23.3 Å². The number of aryl methyl sites for hydroxylation is 2. The summed E-state index contributed by atoms with van der Waals surface area (Å²) >= 11 is 0. The normalized spacial score (nSPS) is 11.6. The standard InChI is InChI=1S/C21H26N4O4/c1-5-24-19-18(20(26)25(6-2)21(24)27)23(3)17(22-19)11-10-15-8-7-9-16(14-15)29-13-12-28-4/h7-11,14H,5-6,12-13H2,1-4H3. The van der Waals surface area contributed by atoms with Gasteiger partial charge in [-0.1, -0.05) is 18.2 Å². The minimum atomic E-state index is -0.331. The Bertz CT molecular complexity index is 1150. The molecule has 3 rings (SSSR count). The number of ether oxygens (including phenoxy) is 2. The molecule has 0 spiro atoms. The highest BCUT2D eigenvalue weighted by molar-refractivity contribution is 5.76. The van der Waals surface area contributed by atoms with Crippen LogP contribution >= 0.6 is 0 Å². The van der Waals surface area contributed by atoms with Gasteiger partial charge in [-0.05, 0) is 37.6 Å². The molecular weight excluding hydrogens is 372 g/mol. The Hall–Kier alpha value is -3.13. The lowest BCUT2D eigenvalue weighted by atomic mass is 10.2. The molecule has 0 radical (unpaired) electrons. The predicted molar refractivity (Wildman–Crippen MR) is 113 cm³/mol. The van der Waals surface area contributed by atoms with Gasteiger partial charge in [0, 0.05) is 27.2 Å². The summed E-state index contributed by atoms with van der Waals surface area (Å²) < 4.78 is 15.1. The molecule has 0 aliphatic heterocycles. The molecule has 0 atom stereocenters. The molecule has 3 aromatic rings. The van der Waals surface area contributed by atoms with E-state index in [0.29, 0.717) is 43.3 Å². The molecule has 0 aliphatic rings. The number of rotatable bonds is 8. The van der Waals surface area contributed by atoms with Gasteiger partial charge in [0.1, 0.15) is 18.2 Å². The van der Waals surface area contributed by atoms with Gasteiger partial charge in [-0.3, -0.25) is 13.9 Å². The third-order valence-electron chi connectivity index (χ3n) is 4.75. The number of hydrogen-bond donors (Lipinski definition) is 0. The van der Waals surface area contributed by atoms with Crippen molar-refractivity contribution in [2.75, 3.05) is 20.3 Å². The van der Waals surface area contributed by atoms with Crippen LogP contribution in [0.3, 0.4) is 0 Å². The molecule has 0 fully saturated rings. The van der Waals surface area contributed by atoms with Gasteiger partial charge in [0.2, 0.25) is 0 Å². The summed E-state index contributed by atoms with van der Waals surface area (Å²) in [6.45, 7) is 5.41. The van der Waals surface area contributed by atoms with E-state index >= 15 is 0 Å². The van der Waals surface area contributed by atoms with E-state index in [2.05, 4.69) is 4.98 Å². The number of fused-ring (bicyclic) bond motifs is 1. The Morgan fingerprint density at radius 3 is 2.52 bits per heavy atom. The lowest BCUT2D eigenvalue weighted by Crippen LogP contribution is -2.39. The summed E-state index contributed by atoms with van der Waals surface area (Å²) in [7, 11) is 3.41. The van der Waals surface area contributed by atoms with Crippen molar-refractivity contribution in [1.82, 2.24) is 18.7 Å². The first kappa shape index (κ1) is 20.6. The second-order valence-electron chi connectivity index (χ2n) is 6.52. The number of imidazole rings is 1. The number of nitrogens with zero attached hydrogens (tertiary/aromatic N) is 4. The summed E-state index contributed by atoms with van der Waals surface area (Å²) in [6, 6.07) is 7.66. The molecule has 8 nitrogen and oxygen atoms in total. The Kier molecular flexibility index (Phi) is 6.33. The second-order valence-corrected chi connectivity index (χ2v) is 6.52. The van der Waals surface area contributed by atoms with Crippen molar-refractivity contribution in [2.45, 2.75) is 26.9 Å². The first-order valence-corrected chi connectivity index (χ1v) is 9.61. The second kappa shape index (κ2) is 8.91. The van der Waals surface area contributed by atoms with Crippen molar-refractivity contribution in [3.05, 3.63) is 56.5 Å². The summed E-state index contributed by atoms with van der Waals surface area (Å²) in [4.78, 5) is 29.9. The Morgan fingerprint density at radius 2 is 1.83 bits per heavy atom. The smallest absolute Gasteiger partial charge is 0.332 e. The molecule has 0 N–H and O–H groups in total. The third kappa shape index (κ3) is 4.02. The molecule has 0 bridgehead atoms. The maximum atomic E-state index is 12.8. The maximum Gasteiger partial charge on any atom is 0.332 e. The largest absolute Gasteiger partial charge is 0.491 e. The Balaban J connectivity index is 2.00. The van der Waals surface area contributed by atoms with E-state index in [1.807, 2.05) is 43.3 Å². The van der Waals surface area contributed by atoms with Crippen LogP contribution in [0.15, 0.2) is 33.9 Å². The van der Waals surface area contributed by atoms with Gasteiger partial charge in [0.25, 0.3) is 5.56 Å². The van der Waals surface area contributed by atoms with Crippen molar-refractivity contribution in [3.63, 3.8) is 0 Å². The molecule has 0 saturated heterocycles. The third-order valence-corrected chi connectivity index (χ3v) is 4.75. The fourth-order valence-electron chi connectivity index (χ4n) is 3.21. The first-order chi connectivity index (χ1) is 14.0. The number of hydrogen-bond acceptors (Lipinski definition) is 5. The Labute approximate surface area is 168 Å². The molecule has 0 aliphatic carbocycles. The molecule has 2 heterocycles. The average molecular weight is 398 g/mol. The van der Waals surface area contributed by atoms with Crippen LogP contribution in [0, 0.1) is 0 Å². The van der Waals surface area contributed by atoms with Crippen LogP contribution in [-0.4, -0.2) is 39.0 Å². The van der Waals surface area contributed by atoms with Gasteiger partial charge in [0.15, 0.2) is 11.2 Å².